The number of hydrogen-bond acceptors (Lipinski definition) is 3. The zero-order valence-corrected chi connectivity index (χ0v) is 6.67. The van der Waals surface area contributed by atoms with Gasteiger partial charge in [-0.2, -0.15) is 0 Å². The summed E-state index contributed by atoms with van der Waals surface area (Å²) in [7, 11) is 1.67. The van der Waals surface area contributed by atoms with E-state index in [1.807, 2.05) is 0 Å². The number of hydrogen-bond donors (Lipinski definition) is 2. The highest BCUT2D eigenvalue weighted by Gasteiger charge is 2.23. The molecule has 0 radical (unpaired) electrons. The molecule has 4 nitrogen and oxygen atoms in total. The molecule has 0 bridgehead atoms. The minimum Gasteiger partial charge on any atom is -0.382 e. The first-order chi connectivity index (χ1) is 5.36. The summed E-state index contributed by atoms with van der Waals surface area (Å²) in [6.45, 7) is 0.649. The molecule has 0 aromatic rings. The van der Waals surface area contributed by atoms with E-state index >= 15 is 0 Å². The second-order valence-corrected chi connectivity index (χ2v) is 2.59. The van der Waals surface area contributed by atoms with E-state index in [1.54, 1.807) is 7.11 Å². The van der Waals surface area contributed by atoms with Crippen LogP contribution >= 0.6 is 0 Å². The lowest BCUT2D eigenvalue weighted by atomic mass is 10.2. The van der Waals surface area contributed by atoms with Crippen molar-refractivity contribution in [3.63, 3.8) is 0 Å². The van der Waals surface area contributed by atoms with Gasteiger partial charge in [-0.25, -0.2) is 0 Å². The van der Waals surface area contributed by atoms with Gasteiger partial charge in [-0.3, -0.25) is 5.41 Å². The summed E-state index contributed by atoms with van der Waals surface area (Å²) in [4.78, 5) is 0. The van der Waals surface area contributed by atoms with Crippen LogP contribution in [0.25, 0.3) is 0 Å². The summed E-state index contributed by atoms with van der Waals surface area (Å²) in [5.41, 5.74) is 0. The summed E-state index contributed by atoms with van der Waals surface area (Å²) in [5, 5.41) is 9.58. The van der Waals surface area contributed by atoms with E-state index in [4.69, 9.17) is 14.9 Å². The zero-order valence-electron chi connectivity index (χ0n) is 6.67. The van der Waals surface area contributed by atoms with Crippen LogP contribution in [0.4, 0.5) is 0 Å². The van der Waals surface area contributed by atoms with Gasteiger partial charge in [-0.05, 0) is 12.8 Å². The first-order valence-corrected chi connectivity index (χ1v) is 3.76. The fourth-order valence-corrected chi connectivity index (χ4v) is 1.23. The van der Waals surface area contributed by atoms with Crippen LogP contribution in [0.1, 0.15) is 12.8 Å². The quantitative estimate of drug-likeness (QED) is 0.458. The molecule has 64 valence electrons. The number of nitrogens with one attached hydrogen (secondary N) is 2. The van der Waals surface area contributed by atoms with E-state index in [2.05, 4.69) is 5.32 Å². The van der Waals surface area contributed by atoms with Crippen molar-refractivity contribution in [3.05, 3.63) is 0 Å². The van der Waals surface area contributed by atoms with Gasteiger partial charge in [0.2, 0.25) is 0 Å². The average molecular weight is 158 g/mol. The molecule has 4 heteroatoms. The number of methoxy groups -OCH3 is 1. The smallest absolute Gasteiger partial charge is 0.128 e. The zero-order chi connectivity index (χ0) is 8.10. The molecular formula is C7H14N2O2. The Morgan fingerprint density at radius 3 is 3.18 bits per heavy atom. The normalized spacial score (nSPS) is 30.3. The Morgan fingerprint density at radius 2 is 2.55 bits per heavy atom. The molecule has 0 aromatic heterocycles. The van der Waals surface area contributed by atoms with Gasteiger partial charge < -0.3 is 14.8 Å². The first kappa shape index (κ1) is 8.49. The third-order valence-corrected chi connectivity index (χ3v) is 1.73. The molecule has 1 rings (SSSR count). The van der Waals surface area contributed by atoms with Crippen molar-refractivity contribution in [2.24, 2.45) is 0 Å². The third-order valence-electron chi connectivity index (χ3n) is 1.73. The predicted octanol–water partition coefficient (Wildman–Crippen LogP) is 0.335. The Morgan fingerprint density at radius 1 is 1.73 bits per heavy atom. The van der Waals surface area contributed by atoms with Gasteiger partial charge >= 0.3 is 0 Å². The maximum Gasteiger partial charge on any atom is 0.128 e. The van der Waals surface area contributed by atoms with Gasteiger partial charge in [0.15, 0.2) is 0 Å². The lowest BCUT2D eigenvalue weighted by Gasteiger charge is -2.11. The molecule has 0 unspecified atom stereocenters. The molecule has 0 aliphatic carbocycles. The van der Waals surface area contributed by atoms with Crippen LogP contribution in [0.2, 0.25) is 0 Å². The van der Waals surface area contributed by atoms with Crippen LogP contribution in [-0.4, -0.2) is 32.4 Å². The Hall–Kier alpha value is -0.610. The predicted molar refractivity (Wildman–Crippen MR) is 41.7 cm³/mol. The molecule has 0 saturated carbocycles. The van der Waals surface area contributed by atoms with Crippen molar-refractivity contribution < 1.29 is 9.47 Å². The van der Waals surface area contributed by atoms with Crippen LogP contribution < -0.4 is 5.32 Å². The second-order valence-electron chi connectivity index (χ2n) is 2.59. The van der Waals surface area contributed by atoms with E-state index < -0.39 is 0 Å². The van der Waals surface area contributed by atoms with Crippen LogP contribution in [0.3, 0.4) is 0 Å². The number of ether oxygens (including phenoxy) is 2. The molecule has 1 fully saturated rings. The molecule has 0 aromatic carbocycles. The van der Waals surface area contributed by atoms with E-state index in [9.17, 15) is 0 Å². The molecule has 0 spiro atoms. The van der Waals surface area contributed by atoms with Crippen molar-refractivity contribution in [2.45, 2.75) is 25.2 Å². The Kier molecular flexibility index (Phi) is 3.32. The monoisotopic (exact) mass is 158 g/mol. The second kappa shape index (κ2) is 4.31. The van der Waals surface area contributed by atoms with Crippen molar-refractivity contribution in [2.75, 3.05) is 13.7 Å². The van der Waals surface area contributed by atoms with Gasteiger partial charge in [0.1, 0.15) is 6.23 Å². The van der Waals surface area contributed by atoms with Crippen LogP contribution in [0.15, 0.2) is 0 Å². The lowest BCUT2D eigenvalue weighted by Crippen LogP contribution is -2.28. The SMILES string of the molecule is COC[C@@H]1CC[C@H](NC=N)O1. The summed E-state index contributed by atoms with van der Waals surface area (Å²) in [6, 6.07) is 0. The molecule has 1 aliphatic heterocycles. The van der Waals surface area contributed by atoms with Crippen LogP contribution in [0.5, 0.6) is 0 Å². The van der Waals surface area contributed by atoms with E-state index in [1.165, 1.54) is 6.34 Å². The topological polar surface area (TPSA) is 54.3 Å². The van der Waals surface area contributed by atoms with Crippen molar-refractivity contribution in [1.82, 2.24) is 5.32 Å². The summed E-state index contributed by atoms with van der Waals surface area (Å²) < 4.78 is 10.4. The summed E-state index contributed by atoms with van der Waals surface area (Å²) in [6.07, 6.45) is 3.37. The van der Waals surface area contributed by atoms with Crippen molar-refractivity contribution in [1.29, 1.82) is 5.41 Å². The molecular weight excluding hydrogens is 144 g/mol. The molecule has 1 aliphatic rings. The minimum absolute atomic E-state index is 0.0210. The Bertz CT molecular complexity index is 130. The van der Waals surface area contributed by atoms with Crippen molar-refractivity contribution >= 4 is 6.34 Å². The van der Waals surface area contributed by atoms with Crippen LogP contribution in [-0.2, 0) is 9.47 Å². The summed E-state index contributed by atoms with van der Waals surface area (Å²) >= 11 is 0. The lowest BCUT2D eigenvalue weighted by molar-refractivity contribution is -0.00611. The Labute approximate surface area is 66.4 Å². The molecule has 2 atom stereocenters. The van der Waals surface area contributed by atoms with Gasteiger partial charge in [0.25, 0.3) is 0 Å². The highest BCUT2D eigenvalue weighted by molar-refractivity contribution is 5.49. The minimum atomic E-state index is 0.0210. The van der Waals surface area contributed by atoms with E-state index in [0.717, 1.165) is 12.8 Å². The largest absolute Gasteiger partial charge is 0.382 e. The fourth-order valence-electron chi connectivity index (χ4n) is 1.23. The molecule has 1 saturated heterocycles. The molecule has 1 heterocycles. The molecule has 0 amide bonds. The van der Waals surface area contributed by atoms with E-state index in [0.29, 0.717) is 6.61 Å². The van der Waals surface area contributed by atoms with Gasteiger partial charge in [0, 0.05) is 7.11 Å². The maximum atomic E-state index is 6.79. The van der Waals surface area contributed by atoms with Gasteiger partial charge in [-0.15, -0.1) is 0 Å². The maximum absolute atomic E-state index is 6.79. The van der Waals surface area contributed by atoms with E-state index in [-0.39, 0.29) is 12.3 Å². The Balaban J connectivity index is 2.17. The van der Waals surface area contributed by atoms with Crippen molar-refractivity contribution in [3.8, 4) is 0 Å². The summed E-state index contributed by atoms with van der Waals surface area (Å²) in [5.74, 6) is 0. The average Bonchev–Trinajstić information content (AvgIpc) is 2.38. The number of rotatable bonds is 4. The fraction of sp³-hybridized carbons (Fsp3) is 0.857. The van der Waals surface area contributed by atoms with Gasteiger partial charge in [-0.1, -0.05) is 0 Å². The highest BCUT2D eigenvalue weighted by Crippen LogP contribution is 2.17. The van der Waals surface area contributed by atoms with Gasteiger partial charge in [0.05, 0.1) is 19.0 Å². The molecule has 2 N–H and O–H groups in total. The standard InChI is InChI=1S/C7H14N2O2/c1-10-4-6-2-3-7(11-6)9-5-8/h5-7H,2-4H2,1H3,(H2,8,9)/t6-,7+/m0/s1. The first-order valence-electron chi connectivity index (χ1n) is 3.76. The third kappa shape index (κ3) is 2.48. The molecule has 11 heavy (non-hydrogen) atoms. The highest BCUT2D eigenvalue weighted by atomic mass is 16.5. The van der Waals surface area contributed by atoms with Crippen LogP contribution in [0, 0.1) is 5.41 Å².